The van der Waals surface area contributed by atoms with Gasteiger partial charge in [0.25, 0.3) is 0 Å². The molecule has 1 unspecified atom stereocenters. The first-order chi connectivity index (χ1) is 9.92. The molecule has 0 heterocycles. The van der Waals surface area contributed by atoms with E-state index in [0.717, 1.165) is 18.2 Å². The van der Waals surface area contributed by atoms with Gasteiger partial charge in [0, 0.05) is 11.1 Å². The van der Waals surface area contributed by atoms with E-state index in [1.54, 1.807) is 7.05 Å². The summed E-state index contributed by atoms with van der Waals surface area (Å²) in [6.45, 7) is 0. The van der Waals surface area contributed by atoms with Gasteiger partial charge in [-0.25, -0.2) is 17.6 Å². The maximum absolute atomic E-state index is 13.8. The first kappa shape index (κ1) is 15.8. The summed E-state index contributed by atoms with van der Waals surface area (Å²) in [6.07, 6.45) is 0.143. The number of hydrogen-bond acceptors (Lipinski definition) is 1. The van der Waals surface area contributed by atoms with Crippen LogP contribution in [0.5, 0.6) is 0 Å². The van der Waals surface area contributed by atoms with Crippen LogP contribution in [0.15, 0.2) is 30.3 Å². The zero-order valence-electron chi connectivity index (χ0n) is 11.1. The van der Waals surface area contributed by atoms with Crippen molar-refractivity contribution in [1.29, 1.82) is 0 Å². The second-order valence-corrected chi connectivity index (χ2v) is 5.02. The fourth-order valence-electron chi connectivity index (χ4n) is 2.07. The Morgan fingerprint density at radius 2 is 1.62 bits per heavy atom. The largest absolute Gasteiger partial charge is 0.313 e. The Balaban J connectivity index is 2.32. The van der Waals surface area contributed by atoms with Gasteiger partial charge >= 0.3 is 0 Å². The Morgan fingerprint density at radius 1 is 1.00 bits per heavy atom. The van der Waals surface area contributed by atoms with Crippen molar-refractivity contribution in [3.63, 3.8) is 0 Å². The Hall–Kier alpha value is -1.59. The maximum atomic E-state index is 13.8. The van der Waals surface area contributed by atoms with Crippen molar-refractivity contribution >= 4 is 11.6 Å². The van der Waals surface area contributed by atoms with E-state index in [2.05, 4.69) is 5.32 Å². The minimum Gasteiger partial charge on any atom is -0.313 e. The van der Waals surface area contributed by atoms with Gasteiger partial charge in [0.05, 0.1) is 0 Å². The molecule has 1 nitrogen and oxygen atoms in total. The van der Waals surface area contributed by atoms with Crippen LogP contribution < -0.4 is 5.32 Å². The molecule has 0 bridgehead atoms. The lowest BCUT2D eigenvalue weighted by Crippen LogP contribution is -2.20. The van der Waals surface area contributed by atoms with Gasteiger partial charge in [0.2, 0.25) is 0 Å². The molecule has 2 rings (SSSR count). The minimum atomic E-state index is -1.52. The van der Waals surface area contributed by atoms with E-state index in [9.17, 15) is 17.6 Å². The summed E-state index contributed by atoms with van der Waals surface area (Å²) in [4.78, 5) is 0. The second kappa shape index (κ2) is 6.45. The van der Waals surface area contributed by atoms with E-state index in [0.29, 0.717) is 5.56 Å². The lowest BCUT2D eigenvalue weighted by atomic mass is 9.98. The van der Waals surface area contributed by atoms with Gasteiger partial charge in [0.15, 0.2) is 17.5 Å². The van der Waals surface area contributed by atoms with Crippen molar-refractivity contribution in [2.45, 2.75) is 12.5 Å². The highest BCUT2D eigenvalue weighted by Crippen LogP contribution is 2.24. The quantitative estimate of drug-likeness (QED) is 0.651. The summed E-state index contributed by atoms with van der Waals surface area (Å²) < 4.78 is 53.3. The van der Waals surface area contributed by atoms with E-state index in [1.165, 1.54) is 12.1 Å². The molecule has 0 saturated heterocycles. The molecular weight excluding hydrogens is 306 g/mol. The zero-order chi connectivity index (χ0) is 15.6. The molecular formula is C15H12ClF4N. The summed E-state index contributed by atoms with van der Waals surface area (Å²) in [5, 5.41) is 3.09. The molecule has 21 heavy (non-hydrogen) atoms. The molecule has 0 aliphatic heterocycles. The third-order valence-electron chi connectivity index (χ3n) is 3.20. The molecule has 2 aromatic rings. The molecule has 0 radical (unpaired) electrons. The van der Waals surface area contributed by atoms with Crippen molar-refractivity contribution in [3.8, 4) is 0 Å². The number of halogens is 5. The average Bonchev–Trinajstić information content (AvgIpc) is 2.43. The van der Waals surface area contributed by atoms with E-state index in [-0.39, 0.29) is 17.0 Å². The number of nitrogens with one attached hydrogen (secondary N) is 1. The topological polar surface area (TPSA) is 12.0 Å². The first-order valence-corrected chi connectivity index (χ1v) is 6.55. The third-order valence-corrected chi connectivity index (χ3v) is 3.43. The third kappa shape index (κ3) is 3.54. The van der Waals surface area contributed by atoms with Gasteiger partial charge in [-0.1, -0.05) is 17.7 Å². The normalized spacial score (nSPS) is 12.5. The summed E-state index contributed by atoms with van der Waals surface area (Å²) in [6, 6.07) is 5.41. The predicted molar refractivity (Wildman–Crippen MR) is 73.2 cm³/mol. The Labute approximate surface area is 124 Å². The van der Waals surface area contributed by atoms with Crippen LogP contribution in [0.1, 0.15) is 17.2 Å². The van der Waals surface area contributed by atoms with Crippen molar-refractivity contribution in [2.24, 2.45) is 0 Å². The summed E-state index contributed by atoms with van der Waals surface area (Å²) in [5.41, 5.74) is 0.534. The SMILES string of the molecule is CNC(Cc1ccc(Cl)cc1F)c1cc(F)c(F)c(F)c1. The van der Waals surface area contributed by atoms with Crippen LogP contribution in [-0.2, 0) is 6.42 Å². The first-order valence-electron chi connectivity index (χ1n) is 6.18. The fourth-order valence-corrected chi connectivity index (χ4v) is 2.23. The van der Waals surface area contributed by atoms with Gasteiger partial charge in [-0.3, -0.25) is 0 Å². The van der Waals surface area contributed by atoms with Crippen molar-refractivity contribution in [2.75, 3.05) is 7.05 Å². The van der Waals surface area contributed by atoms with Gasteiger partial charge in [0.1, 0.15) is 5.82 Å². The molecule has 0 saturated carbocycles. The summed E-state index contributed by atoms with van der Waals surface area (Å²) in [7, 11) is 1.57. The highest BCUT2D eigenvalue weighted by Gasteiger charge is 2.18. The molecule has 112 valence electrons. The van der Waals surface area contributed by atoms with Crippen molar-refractivity contribution in [1.82, 2.24) is 5.32 Å². The van der Waals surface area contributed by atoms with E-state index in [1.807, 2.05) is 0 Å². The van der Waals surface area contributed by atoms with Crippen LogP contribution in [0.2, 0.25) is 5.02 Å². The number of hydrogen-bond donors (Lipinski definition) is 1. The molecule has 0 fully saturated rings. The van der Waals surface area contributed by atoms with Gasteiger partial charge in [-0.05, 0) is 48.9 Å². The zero-order valence-corrected chi connectivity index (χ0v) is 11.8. The molecule has 0 aliphatic rings. The number of rotatable bonds is 4. The second-order valence-electron chi connectivity index (χ2n) is 4.58. The van der Waals surface area contributed by atoms with Gasteiger partial charge in [-0.15, -0.1) is 0 Å². The highest BCUT2D eigenvalue weighted by molar-refractivity contribution is 6.30. The van der Waals surface area contributed by atoms with Crippen LogP contribution in [0.4, 0.5) is 17.6 Å². The van der Waals surface area contributed by atoms with Crippen molar-refractivity contribution < 1.29 is 17.6 Å². The fraction of sp³-hybridized carbons (Fsp3) is 0.200. The molecule has 0 aromatic heterocycles. The van der Waals surface area contributed by atoms with E-state index >= 15 is 0 Å². The molecule has 0 spiro atoms. The smallest absolute Gasteiger partial charge is 0.194 e. The average molecular weight is 318 g/mol. The van der Waals surface area contributed by atoms with Crippen LogP contribution in [-0.4, -0.2) is 7.05 Å². The molecule has 0 amide bonds. The van der Waals surface area contributed by atoms with Gasteiger partial charge in [-0.2, -0.15) is 0 Å². The standard InChI is InChI=1S/C15H12ClF4N/c1-21-14(6-8-2-3-10(16)7-11(8)17)9-4-12(18)15(20)13(19)5-9/h2-5,7,14,21H,6H2,1H3. The highest BCUT2D eigenvalue weighted by atomic mass is 35.5. The molecule has 1 N–H and O–H groups in total. The van der Waals surface area contributed by atoms with Crippen LogP contribution in [0.25, 0.3) is 0 Å². The monoisotopic (exact) mass is 317 g/mol. The van der Waals surface area contributed by atoms with Crippen LogP contribution in [0, 0.1) is 23.3 Å². The molecule has 2 aromatic carbocycles. The minimum absolute atomic E-state index is 0.143. The Morgan fingerprint density at radius 3 is 2.14 bits per heavy atom. The van der Waals surface area contributed by atoms with Crippen LogP contribution in [0.3, 0.4) is 0 Å². The van der Waals surface area contributed by atoms with E-state index in [4.69, 9.17) is 11.6 Å². The maximum Gasteiger partial charge on any atom is 0.194 e. The lowest BCUT2D eigenvalue weighted by Gasteiger charge is -2.18. The lowest BCUT2D eigenvalue weighted by molar-refractivity contribution is 0.440. The number of benzene rings is 2. The molecule has 1 atom stereocenters. The van der Waals surface area contributed by atoms with E-state index < -0.39 is 29.3 Å². The van der Waals surface area contributed by atoms with Gasteiger partial charge < -0.3 is 5.32 Å². The Kier molecular flexibility index (Phi) is 4.85. The Bertz CT molecular complexity index is 637. The molecule has 0 aliphatic carbocycles. The summed E-state index contributed by atoms with van der Waals surface area (Å²) >= 11 is 5.67. The van der Waals surface area contributed by atoms with Crippen molar-refractivity contribution in [3.05, 3.63) is 69.8 Å². The summed E-state index contributed by atoms with van der Waals surface area (Å²) in [5.74, 6) is -4.58. The molecule has 6 heteroatoms. The van der Waals surface area contributed by atoms with Crippen LogP contribution >= 0.6 is 11.6 Å². The number of likely N-dealkylation sites (N-methyl/N-ethyl adjacent to an activating group) is 1. The predicted octanol–water partition coefficient (Wildman–Crippen LogP) is 4.40.